The molecule has 0 unspecified atom stereocenters. The maximum absolute atomic E-state index is 5.72. The van der Waals surface area contributed by atoms with Crippen LogP contribution < -0.4 is 24.8 Å². The van der Waals surface area contributed by atoms with Gasteiger partial charge in [0.05, 0.1) is 20.8 Å². The zero-order chi connectivity index (χ0) is 20.4. The molecule has 0 saturated heterocycles. The lowest BCUT2D eigenvalue weighted by molar-refractivity contribution is 0.271. The molecule has 0 fully saturated rings. The van der Waals surface area contributed by atoms with E-state index in [1.165, 1.54) is 0 Å². The van der Waals surface area contributed by atoms with E-state index in [1.54, 1.807) is 21.3 Å². The predicted molar refractivity (Wildman–Crippen MR) is 113 cm³/mol. The maximum Gasteiger partial charge on any atom is 0.191 e. The molecule has 2 aromatic rings. The van der Waals surface area contributed by atoms with Crippen LogP contribution in [0.25, 0.3) is 0 Å². The fourth-order valence-electron chi connectivity index (χ4n) is 2.55. The summed E-state index contributed by atoms with van der Waals surface area (Å²) in [5, 5.41) is 6.63. The van der Waals surface area contributed by atoms with E-state index in [4.69, 9.17) is 14.2 Å². The number of ether oxygens (including phenoxy) is 3. The molecule has 0 amide bonds. The summed E-state index contributed by atoms with van der Waals surface area (Å²) in [5.74, 6) is 3.57. The summed E-state index contributed by atoms with van der Waals surface area (Å²) in [6.45, 7) is 6.31. The first-order valence-corrected chi connectivity index (χ1v) is 9.42. The van der Waals surface area contributed by atoms with Crippen molar-refractivity contribution >= 4 is 5.96 Å². The highest BCUT2D eigenvalue weighted by Gasteiger charge is 2.05. The largest absolute Gasteiger partial charge is 0.493 e. The highest BCUT2D eigenvalue weighted by atomic mass is 16.5. The van der Waals surface area contributed by atoms with E-state index in [1.807, 2.05) is 30.3 Å². The lowest BCUT2D eigenvalue weighted by atomic mass is 10.2. The average molecular weight is 386 g/mol. The normalized spacial score (nSPS) is 11.3. The summed E-state index contributed by atoms with van der Waals surface area (Å²) in [6, 6.07) is 14.0. The number of rotatable bonds is 9. The molecule has 2 rings (SSSR count). The smallest absolute Gasteiger partial charge is 0.191 e. The second-order valence-electron chi connectivity index (χ2n) is 6.82. The fourth-order valence-corrected chi connectivity index (χ4v) is 2.55. The van der Waals surface area contributed by atoms with E-state index in [0.717, 1.165) is 35.2 Å². The number of hydrogen-bond acceptors (Lipinski definition) is 4. The summed E-state index contributed by atoms with van der Waals surface area (Å²) in [5.41, 5.74) is 2.23. The Balaban J connectivity index is 1.84. The molecule has 6 nitrogen and oxygen atoms in total. The standard InChI is InChI=1S/C22H31N3O3/c1-16(2)15-28-19-9-6-17(7-10-19)13-24-22(23-3)25-14-18-8-11-20(26-4)21(12-18)27-5/h6-12,16H,13-15H2,1-5H3,(H2,23,24,25). The first kappa shape index (κ1) is 21.4. The molecular formula is C22H31N3O3. The predicted octanol–water partition coefficient (Wildman–Crippen LogP) is 3.60. The van der Waals surface area contributed by atoms with Crippen molar-refractivity contribution in [2.75, 3.05) is 27.9 Å². The monoisotopic (exact) mass is 385 g/mol. The molecule has 152 valence electrons. The molecule has 0 saturated carbocycles. The second-order valence-corrected chi connectivity index (χ2v) is 6.82. The van der Waals surface area contributed by atoms with Gasteiger partial charge in [0.25, 0.3) is 0 Å². The zero-order valence-corrected chi connectivity index (χ0v) is 17.4. The van der Waals surface area contributed by atoms with E-state index in [9.17, 15) is 0 Å². The fraction of sp³-hybridized carbons (Fsp3) is 0.409. The number of guanidine groups is 1. The van der Waals surface area contributed by atoms with E-state index in [0.29, 0.717) is 24.8 Å². The third kappa shape index (κ3) is 6.68. The summed E-state index contributed by atoms with van der Waals surface area (Å²) in [6.07, 6.45) is 0. The SMILES string of the molecule is CN=C(NCc1ccc(OCC(C)C)cc1)NCc1ccc(OC)c(OC)c1. The van der Waals surface area contributed by atoms with Crippen LogP contribution in [0.1, 0.15) is 25.0 Å². The first-order valence-electron chi connectivity index (χ1n) is 9.42. The molecule has 0 aliphatic rings. The van der Waals surface area contributed by atoms with E-state index < -0.39 is 0 Å². The topological polar surface area (TPSA) is 64.1 Å². The number of hydrogen-bond donors (Lipinski definition) is 2. The van der Waals surface area contributed by atoms with Gasteiger partial charge in [-0.3, -0.25) is 4.99 Å². The van der Waals surface area contributed by atoms with Crippen LogP contribution in [0.5, 0.6) is 17.2 Å². The third-order valence-electron chi connectivity index (χ3n) is 4.10. The van der Waals surface area contributed by atoms with Crippen LogP contribution in [0.2, 0.25) is 0 Å². The van der Waals surface area contributed by atoms with Crippen LogP contribution in [0.4, 0.5) is 0 Å². The van der Waals surface area contributed by atoms with Gasteiger partial charge in [0, 0.05) is 20.1 Å². The third-order valence-corrected chi connectivity index (χ3v) is 4.10. The Morgan fingerprint density at radius 1 is 0.893 bits per heavy atom. The van der Waals surface area contributed by atoms with Gasteiger partial charge in [-0.2, -0.15) is 0 Å². The van der Waals surface area contributed by atoms with Crippen molar-refractivity contribution in [2.45, 2.75) is 26.9 Å². The Bertz CT molecular complexity index is 758. The van der Waals surface area contributed by atoms with Crippen LogP contribution in [-0.2, 0) is 13.1 Å². The van der Waals surface area contributed by atoms with Crippen molar-refractivity contribution in [1.82, 2.24) is 10.6 Å². The van der Waals surface area contributed by atoms with Gasteiger partial charge in [-0.15, -0.1) is 0 Å². The molecule has 2 aromatic carbocycles. The summed E-state index contributed by atoms with van der Waals surface area (Å²) in [7, 11) is 5.02. The van der Waals surface area contributed by atoms with Gasteiger partial charge in [0.1, 0.15) is 5.75 Å². The van der Waals surface area contributed by atoms with Crippen molar-refractivity contribution in [3.63, 3.8) is 0 Å². The summed E-state index contributed by atoms with van der Waals surface area (Å²) < 4.78 is 16.3. The Kier molecular flexibility index (Phi) is 8.46. The minimum Gasteiger partial charge on any atom is -0.493 e. The van der Waals surface area contributed by atoms with Gasteiger partial charge < -0.3 is 24.8 Å². The van der Waals surface area contributed by atoms with Crippen molar-refractivity contribution in [3.8, 4) is 17.2 Å². The van der Waals surface area contributed by atoms with Crippen LogP contribution >= 0.6 is 0 Å². The van der Waals surface area contributed by atoms with Crippen LogP contribution in [0, 0.1) is 5.92 Å². The molecule has 0 aliphatic carbocycles. The van der Waals surface area contributed by atoms with Crippen LogP contribution in [0.3, 0.4) is 0 Å². The highest BCUT2D eigenvalue weighted by Crippen LogP contribution is 2.27. The number of methoxy groups -OCH3 is 2. The second kappa shape index (κ2) is 11.1. The summed E-state index contributed by atoms with van der Waals surface area (Å²) >= 11 is 0. The minimum atomic E-state index is 0.515. The molecule has 0 bridgehead atoms. The Morgan fingerprint density at radius 2 is 1.50 bits per heavy atom. The van der Waals surface area contributed by atoms with Gasteiger partial charge in [-0.1, -0.05) is 32.0 Å². The van der Waals surface area contributed by atoms with Gasteiger partial charge in [0.15, 0.2) is 17.5 Å². The summed E-state index contributed by atoms with van der Waals surface area (Å²) in [4.78, 5) is 4.27. The maximum atomic E-state index is 5.72. The van der Waals surface area contributed by atoms with Crippen molar-refractivity contribution < 1.29 is 14.2 Å². The molecule has 0 aromatic heterocycles. The molecule has 0 heterocycles. The average Bonchev–Trinajstić information content (AvgIpc) is 2.72. The van der Waals surface area contributed by atoms with Gasteiger partial charge in [0.2, 0.25) is 0 Å². The Morgan fingerprint density at radius 3 is 2.07 bits per heavy atom. The molecule has 2 N–H and O–H groups in total. The number of nitrogens with zero attached hydrogens (tertiary/aromatic N) is 1. The van der Waals surface area contributed by atoms with Gasteiger partial charge in [-0.05, 0) is 41.3 Å². The minimum absolute atomic E-state index is 0.515. The molecule has 0 spiro atoms. The number of aliphatic imine (C=N–C) groups is 1. The van der Waals surface area contributed by atoms with Gasteiger partial charge >= 0.3 is 0 Å². The zero-order valence-electron chi connectivity index (χ0n) is 17.4. The van der Waals surface area contributed by atoms with Crippen LogP contribution in [0.15, 0.2) is 47.5 Å². The molecule has 0 aliphatic heterocycles. The van der Waals surface area contributed by atoms with E-state index in [2.05, 4.69) is 41.6 Å². The lowest BCUT2D eigenvalue weighted by Gasteiger charge is -2.14. The number of nitrogens with one attached hydrogen (secondary N) is 2. The molecule has 0 atom stereocenters. The quantitative estimate of drug-likeness (QED) is 0.510. The van der Waals surface area contributed by atoms with E-state index in [-0.39, 0.29) is 0 Å². The lowest BCUT2D eigenvalue weighted by Crippen LogP contribution is -2.36. The highest BCUT2D eigenvalue weighted by molar-refractivity contribution is 5.79. The Labute approximate surface area is 167 Å². The molecule has 0 radical (unpaired) electrons. The van der Waals surface area contributed by atoms with Crippen molar-refractivity contribution in [2.24, 2.45) is 10.9 Å². The number of benzene rings is 2. The molecule has 6 heteroatoms. The van der Waals surface area contributed by atoms with Crippen LogP contribution in [-0.4, -0.2) is 33.8 Å². The molecule has 28 heavy (non-hydrogen) atoms. The first-order chi connectivity index (χ1) is 13.5. The van der Waals surface area contributed by atoms with Crippen molar-refractivity contribution in [3.05, 3.63) is 53.6 Å². The van der Waals surface area contributed by atoms with Gasteiger partial charge in [-0.25, -0.2) is 0 Å². The van der Waals surface area contributed by atoms with Crippen molar-refractivity contribution in [1.29, 1.82) is 0 Å². The van der Waals surface area contributed by atoms with E-state index >= 15 is 0 Å². The Hall–Kier alpha value is -2.89. The molecular weight excluding hydrogens is 354 g/mol.